The van der Waals surface area contributed by atoms with Crippen molar-refractivity contribution in [1.82, 2.24) is 10.2 Å². The van der Waals surface area contributed by atoms with Crippen LogP contribution in [0, 0.1) is 11.6 Å². The van der Waals surface area contributed by atoms with Crippen molar-refractivity contribution < 1.29 is 18.3 Å². The molecule has 1 fully saturated rings. The number of hydrogen-bond donors (Lipinski definition) is 1. The van der Waals surface area contributed by atoms with Crippen LogP contribution in [0.25, 0.3) is 27.3 Å². The van der Waals surface area contributed by atoms with Crippen LogP contribution in [0.15, 0.2) is 61.2 Å². The molecule has 1 N–H and O–H groups in total. The molecule has 1 heterocycles. The first-order valence-corrected chi connectivity index (χ1v) is 14.5. The second-order valence-electron chi connectivity index (χ2n) is 10.1. The summed E-state index contributed by atoms with van der Waals surface area (Å²) < 4.78 is 35.0. The topological polar surface area (TPSA) is 41.6 Å². The van der Waals surface area contributed by atoms with Crippen molar-refractivity contribution in [2.45, 2.75) is 44.3 Å². The van der Waals surface area contributed by atoms with Gasteiger partial charge >= 0.3 is 0 Å². The zero-order valence-corrected chi connectivity index (χ0v) is 24.0. The highest BCUT2D eigenvalue weighted by molar-refractivity contribution is 7.21. The molecule has 5 rings (SSSR count). The lowest BCUT2D eigenvalue weighted by Crippen LogP contribution is -2.44. The van der Waals surface area contributed by atoms with Crippen molar-refractivity contribution in [2.75, 3.05) is 14.2 Å². The van der Waals surface area contributed by atoms with E-state index in [2.05, 4.69) is 11.9 Å². The molecular weight excluding hydrogens is 550 g/mol. The number of hydrogen-bond acceptors (Lipinski definition) is 4. The number of ether oxygens (including phenoxy) is 1. The number of amides is 1. The molecule has 0 saturated heterocycles. The molecule has 4 nitrogen and oxygen atoms in total. The number of halogens is 3. The number of nitrogens with one attached hydrogen (secondary N) is 1. The number of thiophene rings is 1. The van der Waals surface area contributed by atoms with Crippen molar-refractivity contribution in [3.05, 3.63) is 93.8 Å². The summed E-state index contributed by atoms with van der Waals surface area (Å²) in [5.41, 5.74) is 3.88. The number of benzene rings is 3. The van der Waals surface area contributed by atoms with Crippen LogP contribution in [-0.4, -0.2) is 37.0 Å². The third-order valence-corrected chi connectivity index (χ3v) is 9.46. The Balaban J connectivity index is 1.55. The number of carbonyl (C=O) groups is 1. The van der Waals surface area contributed by atoms with E-state index in [1.807, 2.05) is 49.5 Å². The molecule has 1 aliphatic carbocycles. The van der Waals surface area contributed by atoms with Crippen LogP contribution in [0.4, 0.5) is 8.78 Å². The minimum absolute atomic E-state index is 0.0427. The molecule has 0 radical (unpaired) electrons. The van der Waals surface area contributed by atoms with Crippen molar-refractivity contribution in [2.24, 2.45) is 0 Å². The summed E-state index contributed by atoms with van der Waals surface area (Å²) in [6.07, 6.45) is 5.23. The Morgan fingerprint density at radius 3 is 2.38 bits per heavy atom. The third-order valence-electron chi connectivity index (χ3n) is 7.78. The Morgan fingerprint density at radius 2 is 1.75 bits per heavy atom. The SMILES string of the molecule is C=Cc1ccc(-c2ccc(OC)c(CN(C(=O)c3sc4c(F)ccc(F)c4c3Cl)C3CCC(NC)CC3)c2)cc1. The van der Waals surface area contributed by atoms with Gasteiger partial charge in [0, 0.05) is 24.2 Å². The molecule has 0 bridgehead atoms. The van der Waals surface area contributed by atoms with Gasteiger partial charge < -0.3 is 15.0 Å². The molecular formula is C32H31ClF2N2O2S. The van der Waals surface area contributed by atoms with Gasteiger partial charge in [-0.05, 0) is 73.7 Å². The smallest absolute Gasteiger partial charge is 0.266 e. The van der Waals surface area contributed by atoms with E-state index >= 15 is 0 Å². The van der Waals surface area contributed by atoms with Gasteiger partial charge in [0.2, 0.25) is 0 Å². The maximum absolute atomic E-state index is 14.6. The predicted molar refractivity (Wildman–Crippen MR) is 160 cm³/mol. The largest absolute Gasteiger partial charge is 0.496 e. The highest BCUT2D eigenvalue weighted by Gasteiger charge is 2.33. The molecule has 1 saturated carbocycles. The monoisotopic (exact) mass is 580 g/mol. The van der Waals surface area contributed by atoms with E-state index in [9.17, 15) is 13.6 Å². The van der Waals surface area contributed by atoms with Crippen LogP contribution in [0.1, 0.15) is 46.5 Å². The fourth-order valence-electron chi connectivity index (χ4n) is 5.49. The molecule has 0 aliphatic heterocycles. The first kappa shape index (κ1) is 28.3. The van der Waals surface area contributed by atoms with Gasteiger partial charge in [-0.2, -0.15) is 0 Å². The Hall–Kier alpha value is -3.26. The summed E-state index contributed by atoms with van der Waals surface area (Å²) in [5.74, 6) is -0.914. The number of methoxy groups -OCH3 is 1. The predicted octanol–water partition coefficient (Wildman–Crippen LogP) is 8.32. The lowest BCUT2D eigenvalue weighted by molar-refractivity contribution is 0.0604. The average Bonchev–Trinajstić information content (AvgIpc) is 3.35. The summed E-state index contributed by atoms with van der Waals surface area (Å²) in [4.78, 5) is 16.1. The van der Waals surface area contributed by atoms with Crippen molar-refractivity contribution in [3.8, 4) is 16.9 Å². The van der Waals surface area contributed by atoms with E-state index in [1.165, 1.54) is 0 Å². The second kappa shape index (κ2) is 12.1. The number of rotatable bonds is 8. The zero-order chi connectivity index (χ0) is 28.4. The van der Waals surface area contributed by atoms with Crippen LogP contribution >= 0.6 is 22.9 Å². The zero-order valence-electron chi connectivity index (χ0n) is 22.5. The first-order chi connectivity index (χ1) is 19.3. The first-order valence-electron chi connectivity index (χ1n) is 13.3. The highest BCUT2D eigenvalue weighted by Crippen LogP contribution is 2.40. The maximum atomic E-state index is 14.6. The lowest BCUT2D eigenvalue weighted by atomic mass is 9.89. The second-order valence-corrected chi connectivity index (χ2v) is 11.5. The van der Waals surface area contributed by atoms with E-state index in [0.29, 0.717) is 11.8 Å². The van der Waals surface area contributed by atoms with E-state index in [-0.39, 0.29) is 38.5 Å². The van der Waals surface area contributed by atoms with E-state index in [1.54, 1.807) is 18.1 Å². The Labute approximate surface area is 242 Å². The van der Waals surface area contributed by atoms with Gasteiger partial charge in [0.05, 0.1) is 22.2 Å². The quantitative estimate of drug-likeness (QED) is 0.228. The van der Waals surface area contributed by atoms with Crippen molar-refractivity contribution in [3.63, 3.8) is 0 Å². The fourth-order valence-corrected chi connectivity index (χ4v) is 6.99. The maximum Gasteiger partial charge on any atom is 0.266 e. The molecule has 0 unspecified atom stereocenters. The molecule has 8 heteroatoms. The summed E-state index contributed by atoms with van der Waals surface area (Å²) in [6.45, 7) is 4.09. The third kappa shape index (κ3) is 5.51. The summed E-state index contributed by atoms with van der Waals surface area (Å²) in [6, 6.07) is 16.4. The minimum atomic E-state index is -0.644. The summed E-state index contributed by atoms with van der Waals surface area (Å²) in [5, 5.41) is 3.25. The minimum Gasteiger partial charge on any atom is -0.496 e. The molecule has 1 aliphatic rings. The van der Waals surface area contributed by atoms with Crippen molar-refractivity contribution in [1.29, 1.82) is 0 Å². The average molecular weight is 581 g/mol. The molecule has 1 aromatic heterocycles. The fraction of sp³-hybridized carbons (Fsp3) is 0.281. The Kier molecular flexibility index (Phi) is 8.54. The Morgan fingerprint density at radius 1 is 1.07 bits per heavy atom. The van der Waals surface area contributed by atoms with Gasteiger partial charge in [-0.1, -0.05) is 54.6 Å². The van der Waals surface area contributed by atoms with Crippen LogP contribution < -0.4 is 10.1 Å². The highest BCUT2D eigenvalue weighted by atomic mass is 35.5. The van der Waals surface area contributed by atoms with Gasteiger partial charge in [-0.25, -0.2) is 8.78 Å². The Bertz CT molecular complexity index is 1550. The molecule has 0 atom stereocenters. The lowest BCUT2D eigenvalue weighted by Gasteiger charge is -2.37. The van der Waals surface area contributed by atoms with Crippen LogP contribution in [-0.2, 0) is 6.54 Å². The van der Waals surface area contributed by atoms with E-state index < -0.39 is 11.6 Å². The number of nitrogens with zero attached hydrogens (tertiary/aromatic N) is 1. The van der Waals surface area contributed by atoms with Crippen LogP contribution in [0.3, 0.4) is 0 Å². The summed E-state index contributed by atoms with van der Waals surface area (Å²) in [7, 11) is 3.56. The van der Waals surface area contributed by atoms with Crippen LogP contribution in [0.5, 0.6) is 5.75 Å². The molecule has 40 heavy (non-hydrogen) atoms. The van der Waals surface area contributed by atoms with Crippen molar-refractivity contribution >= 4 is 45.0 Å². The van der Waals surface area contributed by atoms with Gasteiger partial charge in [-0.3, -0.25) is 4.79 Å². The summed E-state index contributed by atoms with van der Waals surface area (Å²) >= 11 is 7.47. The molecule has 208 valence electrons. The van der Waals surface area contributed by atoms with Gasteiger partial charge in [0.25, 0.3) is 5.91 Å². The standard InChI is InChI=1S/C32H31ClF2N2O2S/c1-4-19-5-7-20(8-6-19)21-9-16-27(39-3)22(17-21)18-37(24-12-10-23(36-2)11-13-24)32(38)31-29(33)28-25(34)14-15-26(35)30(28)40-31/h4-9,14-17,23-24,36H,1,10-13,18H2,2-3H3. The molecule has 3 aromatic carbocycles. The van der Waals surface area contributed by atoms with Gasteiger partial charge in [-0.15, -0.1) is 11.3 Å². The molecule has 0 spiro atoms. The van der Waals surface area contributed by atoms with Gasteiger partial charge in [0.1, 0.15) is 22.3 Å². The number of carbonyl (C=O) groups excluding carboxylic acids is 1. The van der Waals surface area contributed by atoms with E-state index in [4.69, 9.17) is 16.3 Å². The number of fused-ring (bicyclic) bond motifs is 1. The van der Waals surface area contributed by atoms with Gasteiger partial charge in [0.15, 0.2) is 0 Å². The molecule has 1 amide bonds. The van der Waals surface area contributed by atoms with Crippen LogP contribution in [0.2, 0.25) is 5.02 Å². The molecule has 4 aromatic rings. The normalized spacial score (nSPS) is 17.1. The van der Waals surface area contributed by atoms with E-state index in [0.717, 1.165) is 71.4 Å².